The molecule has 1 N–H and O–H groups in total. The van der Waals surface area contributed by atoms with Crippen molar-refractivity contribution in [1.29, 1.82) is 0 Å². The number of alkyl halides is 3. The zero-order valence-corrected chi connectivity index (χ0v) is 21.7. The number of nitrogens with one attached hydrogen (secondary N) is 1. The van der Waals surface area contributed by atoms with Crippen molar-refractivity contribution in [2.24, 2.45) is 0 Å². The third kappa shape index (κ3) is 7.38. The molecule has 0 bridgehead atoms. The van der Waals surface area contributed by atoms with Gasteiger partial charge in [-0.3, -0.25) is 4.79 Å². The number of anilines is 1. The Hall–Kier alpha value is -4.32. The van der Waals surface area contributed by atoms with Gasteiger partial charge in [0.25, 0.3) is 0 Å². The molecule has 0 spiro atoms. The predicted molar refractivity (Wildman–Crippen MR) is 138 cm³/mol. The van der Waals surface area contributed by atoms with Crippen molar-refractivity contribution in [2.45, 2.75) is 31.5 Å². The third-order valence-electron chi connectivity index (χ3n) is 5.51. The summed E-state index contributed by atoms with van der Waals surface area (Å²) in [6.45, 7) is 3.36. The molecule has 0 fully saturated rings. The van der Waals surface area contributed by atoms with Crippen LogP contribution in [0, 0.1) is 6.92 Å². The summed E-state index contributed by atoms with van der Waals surface area (Å²) in [7, 11) is -3.35. The molecule has 0 radical (unpaired) electrons. The Labute approximate surface area is 222 Å². The molecule has 0 atom stereocenters. The standard InChI is InChI=1S/C27H24F3N3O5S/c1-3-39(35,36)23-10-7-19(8-11-23)15-26(34)31-20-9-12-24(33-14-13-18(2)32-33)25(16-20)37-21-5-4-6-22(17-21)38-27(28,29)30/h4-14,16-17H,3,15H2,1-2H3,(H,31,34). The highest BCUT2D eigenvalue weighted by Gasteiger charge is 2.31. The third-order valence-corrected chi connectivity index (χ3v) is 7.26. The predicted octanol–water partition coefficient (Wildman–Crippen LogP) is 5.85. The van der Waals surface area contributed by atoms with Gasteiger partial charge in [-0.15, -0.1) is 13.2 Å². The Morgan fingerprint density at radius 2 is 1.72 bits per heavy atom. The number of aromatic nitrogens is 2. The fraction of sp³-hybridized carbons (Fsp3) is 0.185. The highest BCUT2D eigenvalue weighted by Crippen LogP contribution is 2.33. The van der Waals surface area contributed by atoms with Crippen molar-refractivity contribution < 1.29 is 35.9 Å². The Kier molecular flexibility index (Phi) is 7.95. The van der Waals surface area contributed by atoms with Crippen LogP contribution >= 0.6 is 0 Å². The molecule has 8 nitrogen and oxygen atoms in total. The SMILES string of the molecule is CCS(=O)(=O)c1ccc(CC(=O)Nc2ccc(-n3ccc(C)n3)c(Oc3cccc(OC(F)(F)F)c3)c2)cc1. The van der Waals surface area contributed by atoms with Gasteiger partial charge in [0.15, 0.2) is 15.6 Å². The highest BCUT2D eigenvalue weighted by atomic mass is 32.2. The van der Waals surface area contributed by atoms with Crippen molar-refractivity contribution in [3.8, 4) is 22.9 Å². The van der Waals surface area contributed by atoms with E-state index in [2.05, 4.69) is 15.2 Å². The Morgan fingerprint density at radius 1 is 1.00 bits per heavy atom. The number of carbonyl (C=O) groups is 1. The minimum Gasteiger partial charge on any atom is -0.455 e. The van der Waals surface area contributed by atoms with E-state index in [0.717, 1.165) is 17.8 Å². The summed E-state index contributed by atoms with van der Waals surface area (Å²) in [5.41, 5.74) is 2.20. The Balaban J connectivity index is 1.56. The number of aryl methyl sites for hydroxylation is 1. The van der Waals surface area contributed by atoms with Crippen LogP contribution in [0.15, 0.2) is 83.9 Å². The van der Waals surface area contributed by atoms with Gasteiger partial charge < -0.3 is 14.8 Å². The fourth-order valence-corrected chi connectivity index (χ4v) is 4.53. The molecule has 4 rings (SSSR count). The molecular weight excluding hydrogens is 535 g/mol. The van der Waals surface area contributed by atoms with E-state index in [1.165, 1.54) is 35.0 Å². The van der Waals surface area contributed by atoms with Gasteiger partial charge in [-0.25, -0.2) is 13.1 Å². The van der Waals surface area contributed by atoms with Gasteiger partial charge in [0.05, 0.1) is 22.8 Å². The monoisotopic (exact) mass is 559 g/mol. The topological polar surface area (TPSA) is 99.5 Å². The molecule has 0 saturated heterocycles. The van der Waals surface area contributed by atoms with Crippen molar-refractivity contribution in [3.05, 3.63) is 90.3 Å². The van der Waals surface area contributed by atoms with Crippen molar-refractivity contribution in [1.82, 2.24) is 9.78 Å². The fourth-order valence-electron chi connectivity index (χ4n) is 3.65. The molecule has 1 aromatic heterocycles. The van der Waals surface area contributed by atoms with Crippen LogP contribution in [-0.4, -0.2) is 36.2 Å². The number of benzene rings is 3. The van der Waals surface area contributed by atoms with E-state index in [4.69, 9.17) is 4.74 Å². The normalized spacial score (nSPS) is 11.7. The number of ether oxygens (including phenoxy) is 2. The van der Waals surface area contributed by atoms with Crippen LogP contribution in [0.3, 0.4) is 0 Å². The average Bonchev–Trinajstić information content (AvgIpc) is 3.29. The first-order chi connectivity index (χ1) is 18.4. The van der Waals surface area contributed by atoms with E-state index < -0.39 is 21.9 Å². The summed E-state index contributed by atoms with van der Waals surface area (Å²) in [6, 6.07) is 17.7. The van der Waals surface area contributed by atoms with Crippen molar-refractivity contribution in [3.63, 3.8) is 0 Å². The molecule has 1 heterocycles. The average molecular weight is 560 g/mol. The lowest BCUT2D eigenvalue weighted by Gasteiger charge is -2.15. The first-order valence-electron chi connectivity index (χ1n) is 11.7. The van der Waals surface area contributed by atoms with Crippen LogP contribution in [0.2, 0.25) is 0 Å². The summed E-state index contributed by atoms with van der Waals surface area (Å²) in [5.74, 6) is -0.541. The number of hydrogen-bond acceptors (Lipinski definition) is 6. The van der Waals surface area contributed by atoms with E-state index in [-0.39, 0.29) is 34.5 Å². The van der Waals surface area contributed by atoms with Gasteiger partial charge in [0, 0.05) is 24.0 Å². The molecule has 0 unspecified atom stereocenters. The molecule has 0 aliphatic heterocycles. The molecule has 0 saturated carbocycles. The largest absolute Gasteiger partial charge is 0.573 e. The smallest absolute Gasteiger partial charge is 0.455 e. The number of carbonyl (C=O) groups excluding carboxylic acids is 1. The molecular formula is C27H24F3N3O5S. The first kappa shape index (κ1) is 27.7. The molecule has 1 amide bonds. The van der Waals surface area contributed by atoms with Gasteiger partial charge in [0.2, 0.25) is 5.91 Å². The highest BCUT2D eigenvalue weighted by molar-refractivity contribution is 7.91. The molecule has 0 aliphatic carbocycles. The minimum absolute atomic E-state index is 0.0143. The van der Waals surface area contributed by atoms with Crippen LogP contribution in [0.1, 0.15) is 18.2 Å². The first-order valence-corrected chi connectivity index (χ1v) is 13.4. The number of nitrogens with zero attached hydrogens (tertiary/aromatic N) is 2. The van der Waals surface area contributed by atoms with Gasteiger partial charge in [-0.2, -0.15) is 5.10 Å². The summed E-state index contributed by atoms with van der Waals surface area (Å²) in [5, 5.41) is 7.12. The number of hydrogen-bond donors (Lipinski definition) is 1. The van der Waals surface area contributed by atoms with Crippen molar-refractivity contribution >= 4 is 21.4 Å². The number of rotatable bonds is 9. The van der Waals surface area contributed by atoms with Crippen LogP contribution in [0.4, 0.5) is 18.9 Å². The lowest BCUT2D eigenvalue weighted by molar-refractivity contribution is -0.274. The van der Waals surface area contributed by atoms with E-state index in [0.29, 0.717) is 16.9 Å². The zero-order valence-electron chi connectivity index (χ0n) is 20.9. The van der Waals surface area contributed by atoms with E-state index in [9.17, 15) is 26.4 Å². The molecule has 0 aliphatic rings. The van der Waals surface area contributed by atoms with Crippen LogP contribution in [0.25, 0.3) is 5.69 Å². The van der Waals surface area contributed by atoms with Crippen LogP contribution < -0.4 is 14.8 Å². The summed E-state index contributed by atoms with van der Waals surface area (Å²) >= 11 is 0. The summed E-state index contributed by atoms with van der Waals surface area (Å²) in [6.07, 6.45) is -3.17. The maximum atomic E-state index is 12.7. The van der Waals surface area contributed by atoms with E-state index >= 15 is 0 Å². The van der Waals surface area contributed by atoms with Crippen molar-refractivity contribution in [2.75, 3.05) is 11.1 Å². The molecule has 4 aromatic rings. The molecule has 12 heteroatoms. The number of amides is 1. The van der Waals surface area contributed by atoms with Gasteiger partial charge >= 0.3 is 6.36 Å². The Morgan fingerprint density at radius 3 is 2.36 bits per heavy atom. The lowest BCUT2D eigenvalue weighted by atomic mass is 10.1. The van der Waals surface area contributed by atoms with Gasteiger partial charge in [-0.05, 0) is 55.0 Å². The zero-order chi connectivity index (χ0) is 28.2. The second-order valence-corrected chi connectivity index (χ2v) is 10.8. The van der Waals surface area contributed by atoms with Crippen LogP contribution in [0.5, 0.6) is 17.2 Å². The summed E-state index contributed by atoms with van der Waals surface area (Å²) < 4.78 is 73.4. The molecule has 39 heavy (non-hydrogen) atoms. The maximum absolute atomic E-state index is 12.7. The second-order valence-electron chi connectivity index (χ2n) is 8.48. The lowest BCUT2D eigenvalue weighted by Crippen LogP contribution is -2.17. The van der Waals surface area contributed by atoms with E-state index in [1.807, 2.05) is 0 Å². The van der Waals surface area contributed by atoms with Gasteiger partial charge in [0.1, 0.15) is 17.2 Å². The second kappa shape index (κ2) is 11.2. The number of halogens is 3. The molecule has 204 valence electrons. The number of sulfone groups is 1. The van der Waals surface area contributed by atoms with Gasteiger partial charge in [-0.1, -0.05) is 25.1 Å². The molecule has 3 aromatic carbocycles. The quantitative estimate of drug-likeness (QED) is 0.276. The van der Waals surface area contributed by atoms with E-state index in [1.54, 1.807) is 50.4 Å². The Bertz CT molecular complexity index is 1580. The minimum atomic E-state index is -4.86. The summed E-state index contributed by atoms with van der Waals surface area (Å²) in [4.78, 5) is 12.9. The van der Waals surface area contributed by atoms with Crippen LogP contribution in [-0.2, 0) is 21.1 Å². The maximum Gasteiger partial charge on any atom is 0.573 e.